The van der Waals surface area contributed by atoms with Gasteiger partial charge in [0.2, 0.25) is 0 Å². The van der Waals surface area contributed by atoms with E-state index in [0.29, 0.717) is 0 Å². The van der Waals surface area contributed by atoms with Crippen molar-refractivity contribution in [2.45, 2.75) is 12.5 Å². The van der Waals surface area contributed by atoms with Crippen molar-refractivity contribution < 1.29 is 19.9 Å². The number of amides is 1. The van der Waals surface area contributed by atoms with E-state index >= 15 is 0 Å². The van der Waals surface area contributed by atoms with Gasteiger partial charge in [-0.05, 0) is 6.92 Å². The van der Waals surface area contributed by atoms with E-state index in [9.17, 15) is 14.9 Å². The predicted octanol–water partition coefficient (Wildman–Crippen LogP) is -0.604. The summed E-state index contributed by atoms with van der Waals surface area (Å²) in [6.07, 6.45) is 1.09. The Morgan fingerprint density at radius 2 is 2.18 bits per heavy atom. The number of carbonyl (C=O) groups excluding carboxylic acids is 1. The minimum absolute atomic E-state index is 0.00942. The number of carbonyl (C=O) groups is 1. The molecule has 0 aliphatic rings. The predicted molar refractivity (Wildman–Crippen MR) is 57.5 cm³/mol. The lowest BCUT2D eigenvalue weighted by molar-refractivity contribution is -0.384. The maximum absolute atomic E-state index is 11.6. The standard InChI is InChI=1S/C9H13N3O5/c1-9(4-13,5-14)11-8(15)7-2-6(3-10-7)12(16)17/h2-3,10,13-14H,4-5H2,1H3,(H,11,15). The molecule has 1 aromatic rings. The quantitative estimate of drug-likeness (QED) is 0.405. The van der Waals surface area contributed by atoms with Crippen LogP contribution in [-0.4, -0.2) is 44.8 Å². The smallest absolute Gasteiger partial charge is 0.287 e. The monoisotopic (exact) mass is 243 g/mol. The number of rotatable bonds is 5. The van der Waals surface area contributed by atoms with E-state index in [1.807, 2.05) is 0 Å². The Hall–Kier alpha value is -1.93. The highest BCUT2D eigenvalue weighted by Gasteiger charge is 2.26. The van der Waals surface area contributed by atoms with Gasteiger partial charge in [0.25, 0.3) is 11.6 Å². The highest BCUT2D eigenvalue weighted by Crippen LogP contribution is 2.13. The zero-order valence-electron chi connectivity index (χ0n) is 9.14. The van der Waals surface area contributed by atoms with E-state index in [4.69, 9.17) is 10.2 Å². The number of aliphatic hydroxyl groups is 2. The number of nitro groups is 1. The molecule has 94 valence electrons. The Kier molecular flexibility index (Phi) is 3.81. The fourth-order valence-corrected chi connectivity index (χ4v) is 1.09. The molecule has 0 radical (unpaired) electrons. The van der Waals surface area contributed by atoms with Crippen LogP contribution in [0.5, 0.6) is 0 Å². The third-order valence-corrected chi connectivity index (χ3v) is 2.24. The van der Waals surface area contributed by atoms with Crippen LogP contribution in [0.3, 0.4) is 0 Å². The van der Waals surface area contributed by atoms with Crippen LogP contribution in [0.1, 0.15) is 17.4 Å². The Balaban J connectivity index is 2.79. The first-order valence-corrected chi connectivity index (χ1v) is 4.79. The fourth-order valence-electron chi connectivity index (χ4n) is 1.09. The number of hydrogen-bond donors (Lipinski definition) is 4. The summed E-state index contributed by atoms with van der Waals surface area (Å²) >= 11 is 0. The molecular weight excluding hydrogens is 230 g/mol. The Labute approximate surface area is 96.4 Å². The largest absolute Gasteiger partial charge is 0.394 e. The van der Waals surface area contributed by atoms with Crippen molar-refractivity contribution >= 4 is 11.6 Å². The van der Waals surface area contributed by atoms with Crippen molar-refractivity contribution in [1.29, 1.82) is 0 Å². The molecule has 8 nitrogen and oxygen atoms in total. The van der Waals surface area contributed by atoms with Gasteiger partial charge in [0.05, 0.1) is 29.9 Å². The molecule has 0 fully saturated rings. The van der Waals surface area contributed by atoms with Crippen LogP contribution in [0, 0.1) is 10.1 Å². The van der Waals surface area contributed by atoms with Gasteiger partial charge < -0.3 is 20.5 Å². The van der Waals surface area contributed by atoms with Gasteiger partial charge >= 0.3 is 0 Å². The number of aromatic amines is 1. The molecule has 17 heavy (non-hydrogen) atoms. The van der Waals surface area contributed by atoms with Gasteiger partial charge in [0.1, 0.15) is 5.69 Å². The van der Waals surface area contributed by atoms with Gasteiger partial charge in [-0.2, -0.15) is 0 Å². The molecule has 0 aliphatic carbocycles. The van der Waals surface area contributed by atoms with Crippen LogP contribution in [0.4, 0.5) is 5.69 Å². The average Bonchev–Trinajstić information content (AvgIpc) is 2.78. The van der Waals surface area contributed by atoms with Crippen LogP contribution < -0.4 is 5.32 Å². The molecule has 1 heterocycles. The lowest BCUT2D eigenvalue weighted by atomic mass is 10.1. The number of nitrogens with one attached hydrogen (secondary N) is 2. The summed E-state index contributed by atoms with van der Waals surface area (Å²) in [5, 5.41) is 30.7. The van der Waals surface area contributed by atoms with Gasteiger partial charge in [-0.25, -0.2) is 0 Å². The number of hydrogen-bond acceptors (Lipinski definition) is 5. The summed E-state index contributed by atoms with van der Waals surface area (Å²) in [5.41, 5.74) is -1.41. The molecule has 0 spiro atoms. The van der Waals surface area contributed by atoms with E-state index in [1.54, 1.807) is 0 Å². The highest BCUT2D eigenvalue weighted by molar-refractivity contribution is 5.93. The third kappa shape index (κ3) is 3.02. The molecule has 0 aromatic carbocycles. The maximum atomic E-state index is 11.6. The van der Waals surface area contributed by atoms with E-state index < -0.39 is 29.6 Å². The van der Waals surface area contributed by atoms with Gasteiger partial charge in [-0.15, -0.1) is 0 Å². The number of nitrogens with zero attached hydrogens (tertiary/aromatic N) is 1. The molecule has 4 N–H and O–H groups in total. The van der Waals surface area contributed by atoms with Gasteiger partial charge in [0.15, 0.2) is 0 Å². The van der Waals surface area contributed by atoms with Gasteiger partial charge in [0, 0.05) is 6.07 Å². The normalized spacial score (nSPS) is 11.2. The first-order chi connectivity index (χ1) is 7.91. The second-order valence-electron chi connectivity index (χ2n) is 3.86. The topological polar surface area (TPSA) is 128 Å². The van der Waals surface area contributed by atoms with E-state index in [-0.39, 0.29) is 11.4 Å². The minimum atomic E-state index is -1.17. The van der Waals surface area contributed by atoms with Crippen LogP contribution in [-0.2, 0) is 0 Å². The lowest BCUT2D eigenvalue weighted by Crippen LogP contribution is -2.51. The van der Waals surface area contributed by atoms with Crippen LogP contribution in [0.25, 0.3) is 0 Å². The molecule has 8 heteroatoms. The number of aliphatic hydroxyl groups excluding tert-OH is 2. The second-order valence-corrected chi connectivity index (χ2v) is 3.86. The Bertz CT molecular complexity index is 424. The zero-order chi connectivity index (χ0) is 13.1. The number of aromatic nitrogens is 1. The SMILES string of the molecule is CC(CO)(CO)NC(=O)c1cc([N+](=O)[O-])c[nH]1. The van der Waals surface area contributed by atoms with E-state index in [1.165, 1.54) is 6.92 Å². The summed E-state index contributed by atoms with van der Waals surface area (Å²) in [4.78, 5) is 23.8. The summed E-state index contributed by atoms with van der Waals surface area (Å²) in [6, 6.07) is 1.07. The first-order valence-electron chi connectivity index (χ1n) is 4.79. The molecule has 0 atom stereocenters. The van der Waals surface area contributed by atoms with E-state index in [2.05, 4.69) is 10.3 Å². The van der Waals surface area contributed by atoms with Gasteiger partial charge in [-0.1, -0.05) is 0 Å². The van der Waals surface area contributed by atoms with Crippen LogP contribution in [0.2, 0.25) is 0 Å². The van der Waals surface area contributed by atoms with E-state index in [0.717, 1.165) is 12.3 Å². The van der Waals surface area contributed by atoms with Crippen LogP contribution in [0.15, 0.2) is 12.3 Å². The lowest BCUT2D eigenvalue weighted by Gasteiger charge is -2.25. The number of H-pyrrole nitrogens is 1. The molecule has 0 saturated carbocycles. The fraction of sp³-hybridized carbons (Fsp3) is 0.444. The van der Waals surface area contributed by atoms with Crippen molar-refractivity contribution in [3.8, 4) is 0 Å². The summed E-state index contributed by atoms with van der Waals surface area (Å²) in [6.45, 7) is 0.554. The van der Waals surface area contributed by atoms with Crippen LogP contribution >= 0.6 is 0 Å². The summed E-state index contributed by atoms with van der Waals surface area (Å²) in [5.74, 6) is -0.635. The molecule has 1 rings (SSSR count). The Morgan fingerprint density at radius 3 is 2.59 bits per heavy atom. The highest BCUT2D eigenvalue weighted by atomic mass is 16.6. The van der Waals surface area contributed by atoms with Crippen molar-refractivity contribution in [3.05, 3.63) is 28.1 Å². The molecule has 0 bridgehead atoms. The molecule has 0 saturated heterocycles. The molecule has 1 amide bonds. The van der Waals surface area contributed by atoms with Crippen molar-refractivity contribution in [3.63, 3.8) is 0 Å². The zero-order valence-corrected chi connectivity index (χ0v) is 9.14. The van der Waals surface area contributed by atoms with Gasteiger partial charge in [-0.3, -0.25) is 14.9 Å². The molecule has 0 aliphatic heterocycles. The minimum Gasteiger partial charge on any atom is -0.394 e. The third-order valence-electron chi connectivity index (χ3n) is 2.24. The molecular formula is C9H13N3O5. The maximum Gasteiger partial charge on any atom is 0.287 e. The van der Waals surface area contributed by atoms with Crippen molar-refractivity contribution in [2.24, 2.45) is 0 Å². The average molecular weight is 243 g/mol. The Morgan fingerprint density at radius 1 is 1.59 bits per heavy atom. The first kappa shape index (κ1) is 13.1. The molecule has 0 unspecified atom stereocenters. The van der Waals surface area contributed by atoms with Crippen molar-refractivity contribution in [1.82, 2.24) is 10.3 Å². The summed E-state index contributed by atoms with van der Waals surface area (Å²) < 4.78 is 0. The summed E-state index contributed by atoms with van der Waals surface area (Å²) in [7, 11) is 0. The van der Waals surface area contributed by atoms with Crippen molar-refractivity contribution in [2.75, 3.05) is 13.2 Å². The second kappa shape index (κ2) is 4.93. The molecule has 1 aromatic heterocycles.